The molecule has 0 aromatic carbocycles. The first-order valence-corrected chi connectivity index (χ1v) is 11.3. The van der Waals surface area contributed by atoms with Gasteiger partial charge in [0.25, 0.3) is 0 Å². The van der Waals surface area contributed by atoms with Gasteiger partial charge in [-0.15, -0.1) is 21.5 Å². The van der Waals surface area contributed by atoms with Crippen LogP contribution in [0.5, 0.6) is 0 Å². The fraction of sp³-hybridized carbons (Fsp3) is 0.533. The summed E-state index contributed by atoms with van der Waals surface area (Å²) in [5.74, 6) is 0.520. The van der Waals surface area contributed by atoms with Gasteiger partial charge in [0.2, 0.25) is 11.0 Å². The number of unbranched alkanes of at least 4 members (excludes halogenated alkanes) is 1. The fourth-order valence-corrected chi connectivity index (χ4v) is 5.11. The number of nitrogens with zero attached hydrogens (tertiary/aromatic N) is 3. The largest absolute Gasteiger partial charge is 0.360 e. The lowest BCUT2D eigenvalue weighted by Gasteiger charge is -2.19. The fourth-order valence-electron chi connectivity index (χ4n) is 1.93. The van der Waals surface area contributed by atoms with Crippen molar-refractivity contribution in [3.8, 4) is 0 Å². The van der Waals surface area contributed by atoms with E-state index in [0.29, 0.717) is 18.8 Å². The molecule has 0 saturated heterocycles. The number of hydrogen-bond donors (Lipinski definition) is 1. The smallest absolute Gasteiger partial charge is 0.233 e. The molecule has 0 aliphatic rings. The second-order valence-corrected chi connectivity index (χ2v) is 9.80. The van der Waals surface area contributed by atoms with Gasteiger partial charge >= 0.3 is 0 Å². The highest BCUT2D eigenvalue weighted by molar-refractivity contribution is 9.11. The number of carbonyl (C=O) groups excluding carboxylic acids is 1. The van der Waals surface area contributed by atoms with E-state index in [0.717, 1.165) is 32.6 Å². The van der Waals surface area contributed by atoms with Gasteiger partial charge in [-0.1, -0.05) is 36.4 Å². The summed E-state index contributed by atoms with van der Waals surface area (Å²) in [6.45, 7) is 6.44. The molecule has 0 aliphatic heterocycles. The van der Waals surface area contributed by atoms with Gasteiger partial charge in [-0.2, -0.15) is 0 Å². The summed E-state index contributed by atoms with van der Waals surface area (Å²) >= 11 is 8.08. The molecule has 0 atom stereocenters. The number of thioether (sulfide) groups is 1. The number of anilines is 1. The Morgan fingerprint density at radius 2 is 2.17 bits per heavy atom. The summed E-state index contributed by atoms with van der Waals surface area (Å²) in [6.07, 6.45) is 2.26. The zero-order chi connectivity index (χ0) is 17.4. The Bertz CT molecular complexity index is 646. The molecule has 0 bridgehead atoms. The first kappa shape index (κ1) is 19.7. The minimum atomic E-state index is 0.128. The highest BCUT2D eigenvalue weighted by Crippen LogP contribution is 2.27. The molecule has 2 aromatic heterocycles. The number of rotatable bonds is 10. The van der Waals surface area contributed by atoms with Crippen molar-refractivity contribution in [2.24, 2.45) is 0 Å². The molecule has 24 heavy (non-hydrogen) atoms. The van der Waals surface area contributed by atoms with Gasteiger partial charge in [0.15, 0.2) is 4.34 Å². The Hall–Kier alpha value is -0.640. The topological polar surface area (TPSA) is 58.1 Å². The number of halogens is 1. The van der Waals surface area contributed by atoms with E-state index < -0.39 is 0 Å². The van der Waals surface area contributed by atoms with Crippen LogP contribution in [-0.4, -0.2) is 39.8 Å². The van der Waals surface area contributed by atoms with Crippen molar-refractivity contribution in [1.29, 1.82) is 0 Å². The van der Waals surface area contributed by atoms with Crippen LogP contribution in [0.4, 0.5) is 5.13 Å². The summed E-state index contributed by atoms with van der Waals surface area (Å²) < 4.78 is 1.92. The minimum absolute atomic E-state index is 0.128. The quantitative estimate of drug-likeness (QED) is 0.420. The van der Waals surface area contributed by atoms with Crippen LogP contribution < -0.4 is 5.32 Å². The van der Waals surface area contributed by atoms with E-state index >= 15 is 0 Å². The zero-order valence-electron chi connectivity index (χ0n) is 13.7. The number of aromatic nitrogens is 2. The molecule has 0 spiro atoms. The van der Waals surface area contributed by atoms with Crippen molar-refractivity contribution in [2.75, 3.05) is 24.2 Å². The summed E-state index contributed by atoms with van der Waals surface area (Å²) in [7, 11) is 0. The molecule has 9 heteroatoms. The number of nitrogens with one attached hydrogen (secondary N) is 1. The number of thiophene rings is 1. The second-order valence-electron chi connectivity index (χ2n) is 5.06. The zero-order valence-corrected chi connectivity index (χ0v) is 17.8. The summed E-state index contributed by atoms with van der Waals surface area (Å²) in [4.78, 5) is 15.5. The van der Waals surface area contributed by atoms with Crippen molar-refractivity contribution < 1.29 is 4.79 Å². The third-order valence-electron chi connectivity index (χ3n) is 3.24. The second kappa shape index (κ2) is 10.4. The monoisotopic (exact) mass is 448 g/mol. The molecule has 2 rings (SSSR count). The number of carbonyl (C=O) groups is 1. The van der Waals surface area contributed by atoms with Gasteiger partial charge in [0, 0.05) is 18.0 Å². The Kier molecular flexibility index (Phi) is 8.51. The van der Waals surface area contributed by atoms with Crippen molar-refractivity contribution in [3.05, 3.63) is 20.8 Å². The van der Waals surface area contributed by atoms with E-state index in [9.17, 15) is 4.79 Å². The number of hydrogen-bond acceptors (Lipinski definition) is 7. The molecule has 0 aliphatic carbocycles. The lowest BCUT2D eigenvalue weighted by molar-refractivity contribution is -0.128. The van der Waals surface area contributed by atoms with E-state index in [4.69, 9.17) is 0 Å². The summed E-state index contributed by atoms with van der Waals surface area (Å²) in [5, 5.41) is 12.3. The Balaban J connectivity index is 1.80. The molecular weight excluding hydrogens is 428 g/mol. The van der Waals surface area contributed by atoms with E-state index in [1.165, 1.54) is 28.0 Å². The molecule has 132 valence electrons. The maximum absolute atomic E-state index is 12.4. The molecular formula is C15H21BrN4OS3. The first-order valence-electron chi connectivity index (χ1n) is 7.84. The van der Waals surface area contributed by atoms with Gasteiger partial charge in [-0.25, -0.2) is 0 Å². The summed E-state index contributed by atoms with van der Waals surface area (Å²) in [5.41, 5.74) is 0. The van der Waals surface area contributed by atoms with Crippen LogP contribution in [0, 0.1) is 0 Å². The van der Waals surface area contributed by atoms with E-state index in [-0.39, 0.29) is 5.91 Å². The highest BCUT2D eigenvalue weighted by Gasteiger charge is 2.15. The van der Waals surface area contributed by atoms with E-state index in [2.05, 4.69) is 44.4 Å². The number of amides is 1. The maximum Gasteiger partial charge on any atom is 0.233 e. The molecule has 0 saturated carbocycles. The third kappa shape index (κ3) is 6.34. The van der Waals surface area contributed by atoms with Crippen LogP contribution in [0.3, 0.4) is 0 Å². The van der Waals surface area contributed by atoms with Crippen LogP contribution in [0.2, 0.25) is 0 Å². The molecule has 0 unspecified atom stereocenters. The van der Waals surface area contributed by atoms with Gasteiger partial charge in [-0.05, 0) is 41.4 Å². The van der Waals surface area contributed by atoms with Crippen LogP contribution in [0.25, 0.3) is 0 Å². The Morgan fingerprint density at radius 3 is 2.83 bits per heavy atom. The molecule has 2 heterocycles. The Morgan fingerprint density at radius 1 is 1.33 bits per heavy atom. The third-order valence-corrected chi connectivity index (χ3v) is 6.85. The standard InChI is InChI=1S/C15H21BrN4OS3/c1-3-5-8-17-14-18-19-15(24-14)22-10-13(21)20(4-2)9-11-6-7-12(16)23-11/h6-7H,3-5,8-10H2,1-2H3,(H,17,18). The molecule has 2 aromatic rings. The molecule has 5 nitrogen and oxygen atoms in total. The van der Waals surface area contributed by atoms with Crippen LogP contribution in [-0.2, 0) is 11.3 Å². The van der Waals surface area contributed by atoms with E-state index in [1.807, 2.05) is 17.9 Å². The lowest BCUT2D eigenvalue weighted by Crippen LogP contribution is -2.31. The summed E-state index contributed by atoms with van der Waals surface area (Å²) in [6, 6.07) is 4.07. The molecule has 1 amide bonds. The van der Waals surface area contributed by atoms with Crippen LogP contribution in [0.15, 0.2) is 20.3 Å². The van der Waals surface area contributed by atoms with Crippen molar-refractivity contribution >= 4 is 61.4 Å². The van der Waals surface area contributed by atoms with Crippen molar-refractivity contribution in [3.63, 3.8) is 0 Å². The van der Waals surface area contributed by atoms with Crippen LogP contribution in [0.1, 0.15) is 31.6 Å². The first-order chi connectivity index (χ1) is 11.6. The molecule has 0 radical (unpaired) electrons. The average molecular weight is 449 g/mol. The highest BCUT2D eigenvalue weighted by atomic mass is 79.9. The van der Waals surface area contributed by atoms with Crippen LogP contribution >= 0.6 is 50.4 Å². The lowest BCUT2D eigenvalue weighted by atomic mass is 10.3. The molecule has 0 fully saturated rings. The molecule has 1 N–H and O–H groups in total. The van der Waals surface area contributed by atoms with Gasteiger partial charge in [0.1, 0.15) is 0 Å². The maximum atomic E-state index is 12.4. The predicted molar refractivity (Wildman–Crippen MR) is 107 cm³/mol. The van der Waals surface area contributed by atoms with Gasteiger partial charge in [0.05, 0.1) is 16.1 Å². The minimum Gasteiger partial charge on any atom is -0.360 e. The Labute approximate surface area is 163 Å². The van der Waals surface area contributed by atoms with Gasteiger partial charge in [-0.3, -0.25) is 4.79 Å². The van der Waals surface area contributed by atoms with Crippen molar-refractivity contribution in [1.82, 2.24) is 15.1 Å². The predicted octanol–water partition coefficient (Wildman–Crippen LogP) is 4.71. The van der Waals surface area contributed by atoms with Gasteiger partial charge < -0.3 is 10.2 Å². The van der Waals surface area contributed by atoms with E-state index in [1.54, 1.807) is 11.3 Å². The SMILES string of the molecule is CCCCNc1nnc(SCC(=O)N(CC)Cc2ccc(Br)s2)s1. The average Bonchev–Trinajstić information content (AvgIpc) is 3.19. The normalized spacial score (nSPS) is 10.8. The van der Waals surface area contributed by atoms with Crippen molar-refractivity contribution in [2.45, 2.75) is 37.6 Å².